The summed E-state index contributed by atoms with van der Waals surface area (Å²) in [5.74, 6) is -0.0557. The summed E-state index contributed by atoms with van der Waals surface area (Å²) in [6.07, 6.45) is 5.08. The Hall–Kier alpha value is -2.61. The van der Waals surface area contributed by atoms with Crippen LogP contribution in [0.25, 0.3) is 11.3 Å². The first-order valence-corrected chi connectivity index (χ1v) is 8.19. The van der Waals surface area contributed by atoms with Gasteiger partial charge in [-0.15, -0.1) is 5.10 Å². The predicted molar refractivity (Wildman–Crippen MR) is 85.0 cm³/mol. The molecule has 1 N–H and O–H groups in total. The number of carbonyl (C=O) groups is 1. The Bertz CT molecular complexity index is 814. The number of nitrogens with one attached hydrogen (secondary N) is 1. The van der Waals surface area contributed by atoms with Gasteiger partial charge in [0.15, 0.2) is 5.69 Å². The highest BCUT2D eigenvalue weighted by Crippen LogP contribution is 2.26. The van der Waals surface area contributed by atoms with Crippen molar-refractivity contribution in [3.8, 4) is 11.3 Å². The van der Waals surface area contributed by atoms with E-state index >= 15 is 0 Å². The topological polar surface area (TPSA) is 87.7 Å². The summed E-state index contributed by atoms with van der Waals surface area (Å²) in [7, 11) is 0. The van der Waals surface area contributed by atoms with Crippen molar-refractivity contribution in [1.29, 1.82) is 0 Å². The summed E-state index contributed by atoms with van der Waals surface area (Å²) in [5.41, 5.74) is 4.61. The number of aromatic amines is 1. The Kier molecular flexibility index (Phi) is 3.58. The van der Waals surface area contributed by atoms with Crippen molar-refractivity contribution in [2.45, 2.75) is 12.8 Å². The number of hydrogen-bond acceptors (Lipinski definition) is 6. The second kappa shape index (κ2) is 5.88. The average Bonchev–Trinajstić information content (AvgIpc) is 3.21. The van der Waals surface area contributed by atoms with Gasteiger partial charge in [0.25, 0.3) is 5.91 Å². The number of aromatic nitrogens is 5. The highest BCUT2D eigenvalue weighted by Gasteiger charge is 2.24. The van der Waals surface area contributed by atoms with E-state index in [0.29, 0.717) is 18.8 Å². The van der Waals surface area contributed by atoms with Crippen LogP contribution in [0, 0.1) is 0 Å². The van der Waals surface area contributed by atoms with Gasteiger partial charge < -0.3 is 4.90 Å². The normalized spacial score (nSPS) is 14.3. The maximum atomic E-state index is 12.4. The molecule has 0 spiro atoms. The van der Waals surface area contributed by atoms with E-state index in [1.165, 1.54) is 17.1 Å². The van der Waals surface area contributed by atoms with Crippen molar-refractivity contribution in [3.63, 3.8) is 0 Å². The molecule has 4 heterocycles. The predicted octanol–water partition coefficient (Wildman–Crippen LogP) is 1.56. The molecule has 8 heteroatoms. The number of carbonyl (C=O) groups excluding carboxylic acids is 1. The molecule has 3 aromatic heterocycles. The third-order valence-corrected chi connectivity index (χ3v) is 4.52. The molecule has 0 aromatic carbocycles. The number of H-pyrrole nitrogens is 1. The van der Waals surface area contributed by atoms with E-state index in [4.69, 9.17) is 0 Å². The average molecular weight is 326 g/mol. The van der Waals surface area contributed by atoms with E-state index in [1.54, 1.807) is 11.6 Å². The molecule has 0 saturated carbocycles. The molecular weight excluding hydrogens is 312 g/mol. The fourth-order valence-electron chi connectivity index (χ4n) is 2.85. The van der Waals surface area contributed by atoms with E-state index < -0.39 is 0 Å². The fraction of sp³-hybridized carbons (Fsp3) is 0.267. The molecule has 0 bridgehead atoms. The van der Waals surface area contributed by atoms with Crippen LogP contribution in [0.2, 0.25) is 0 Å². The minimum atomic E-state index is -0.0557. The van der Waals surface area contributed by atoms with E-state index in [1.807, 2.05) is 23.2 Å². The molecule has 0 radical (unpaired) electrons. The van der Waals surface area contributed by atoms with Gasteiger partial charge in [-0.25, -0.2) is 0 Å². The first-order valence-electron chi connectivity index (χ1n) is 7.36. The molecule has 0 atom stereocenters. The molecule has 1 aliphatic heterocycles. The fourth-order valence-corrected chi connectivity index (χ4v) is 3.28. The van der Waals surface area contributed by atoms with Gasteiger partial charge in [-0.2, -0.15) is 5.10 Å². The zero-order valence-corrected chi connectivity index (χ0v) is 13.1. The van der Waals surface area contributed by atoms with E-state index in [9.17, 15) is 4.79 Å². The summed E-state index contributed by atoms with van der Waals surface area (Å²) in [6.45, 7) is 1.30. The first kappa shape index (κ1) is 14.0. The maximum absolute atomic E-state index is 12.4. The lowest BCUT2D eigenvalue weighted by Gasteiger charge is -2.18. The number of rotatable bonds is 2. The van der Waals surface area contributed by atoms with Gasteiger partial charge in [0, 0.05) is 54.1 Å². The van der Waals surface area contributed by atoms with Gasteiger partial charge in [0.2, 0.25) is 0 Å². The SMILES string of the molecule is O=C(c1csnn1)N1CCc2[nH]nc(-c3cccnc3)c2CC1. The Labute approximate surface area is 136 Å². The largest absolute Gasteiger partial charge is 0.337 e. The minimum absolute atomic E-state index is 0.0557. The zero-order chi connectivity index (χ0) is 15.6. The first-order chi connectivity index (χ1) is 11.3. The highest BCUT2D eigenvalue weighted by atomic mass is 32.1. The van der Waals surface area contributed by atoms with E-state index in [2.05, 4.69) is 24.8 Å². The van der Waals surface area contributed by atoms with Crippen LogP contribution in [0.1, 0.15) is 21.7 Å². The maximum Gasteiger partial charge on any atom is 0.275 e. The summed E-state index contributed by atoms with van der Waals surface area (Å²) in [6, 6.07) is 3.90. The van der Waals surface area contributed by atoms with Gasteiger partial charge in [-0.05, 0) is 30.1 Å². The minimum Gasteiger partial charge on any atom is -0.337 e. The molecule has 3 aromatic rings. The molecule has 23 heavy (non-hydrogen) atoms. The Morgan fingerprint density at radius 3 is 3.00 bits per heavy atom. The molecule has 1 aliphatic rings. The van der Waals surface area contributed by atoms with Crippen LogP contribution < -0.4 is 0 Å². The molecule has 0 fully saturated rings. The van der Waals surface area contributed by atoms with Crippen LogP contribution in [-0.4, -0.2) is 48.7 Å². The molecule has 1 amide bonds. The molecule has 7 nitrogen and oxygen atoms in total. The van der Waals surface area contributed by atoms with E-state index in [0.717, 1.165) is 29.8 Å². The number of nitrogens with zero attached hydrogens (tertiary/aromatic N) is 5. The van der Waals surface area contributed by atoms with Crippen LogP contribution in [0.15, 0.2) is 29.9 Å². The second-order valence-corrected chi connectivity index (χ2v) is 5.96. The van der Waals surface area contributed by atoms with Crippen molar-refractivity contribution in [2.75, 3.05) is 13.1 Å². The van der Waals surface area contributed by atoms with E-state index in [-0.39, 0.29) is 5.91 Å². The van der Waals surface area contributed by atoms with Crippen molar-refractivity contribution in [3.05, 3.63) is 46.9 Å². The smallest absolute Gasteiger partial charge is 0.275 e. The highest BCUT2D eigenvalue weighted by molar-refractivity contribution is 7.03. The van der Waals surface area contributed by atoms with Gasteiger partial charge in [-0.3, -0.25) is 14.9 Å². The number of pyridine rings is 1. The number of fused-ring (bicyclic) bond motifs is 1. The third kappa shape index (κ3) is 2.61. The summed E-state index contributed by atoms with van der Waals surface area (Å²) in [4.78, 5) is 18.4. The molecule has 0 saturated heterocycles. The summed E-state index contributed by atoms with van der Waals surface area (Å²) >= 11 is 1.19. The monoisotopic (exact) mass is 326 g/mol. The molecule has 0 unspecified atom stereocenters. The molecule has 0 aliphatic carbocycles. The van der Waals surface area contributed by atoms with Crippen LogP contribution in [-0.2, 0) is 12.8 Å². The molecule has 116 valence electrons. The lowest BCUT2D eigenvalue weighted by Crippen LogP contribution is -2.33. The number of amides is 1. The van der Waals surface area contributed by atoms with Crippen LogP contribution in [0.3, 0.4) is 0 Å². The van der Waals surface area contributed by atoms with Crippen LogP contribution >= 0.6 is 11.5 Å². The Morgan fingerprint density at radius 2 is 2.22 bits per heavy atom. The van der Waals surface area contributed by atoms with Gasteiger partial charge in [0.05, 0.1) is 5.69 Å². The Morgan fingerprint density at radius 1 is 1.30 bits per heavy atom. The number of hydrogen-bond donors (Lipinski definition) is 1. The zero-order valence-electron chi connectivity index (χ0n) is 12.3. The summed E-state index contributed by atoms with van der Waals surface area (Å²) < 4.78 is 3.77. The summed E-state index contributed by atoms with van der Waals surface area (Å²) in [5, 5.41) is 13.1. The van der Waals surface area contributed by atoms with Crippen LogP contribution in [0.4, 0.5) is 0 Å². The third-order valence-electron chi connectivity index (χ3n) is 4.02. The molecule has 4 rings (SSSR count). The van der Waals surface area contributed by atoms with Gasteiger partial charge in [-0.1, -0.05) is 4.49 Å². The van der Waals surface area contributed by atoms with Crippen molar-refractivity contribution < 1.29 is 4.79 Å². The lowest BCUT2D eigenvalue weighted by atomic mass is 10.0. The quantitative estimate of drug-likeness (QED) is 0.772. The van der Waals surface area contributed by atoms with Crippen molar-refractivity contribution >= 4 is 17.4 Å². The van der Waals surface area contributed by atoms with Crippen molar-refractivity contribution in [1.82, 2.24) is 29.7 Å². The Balaban J connectivity index is 1.58. The lowest BCUT2D eigenvalue weighted by molar-refractivity contribution is 0.0757. The molecular formula is C15H14N6OS. The second-order valence-electron chi connectivity index (χ2n) is 5.35. The van der Waals surface area contributed by atoms with Crippen LogP contribution in [0.5, 0.6) is 0 Å². The van der Waals surface area contributed by atoms with Crippen molar-refractivity contribution in [2.24, 2.45) is 0 Å². The standard InChI is InChI=1S/C15H14N6OS/c22-15(13-9-23-20-18-13)21-6-3-11-12(4-7-21)17-19-14(11)10-2-1-5-16-8-10/h1-2,5,8-9H,3-4,6-7H2,(H,17,19). The van der Waals surface area contributed by atoms with Gasteiger partial charge in [0.1, 0.15) is 0 Å². The van der Waals surface area contributed by atoms with Gasteiger partial charge >= 0.3 is 0 Å².